The van der Waals surface area contributed by atoms with Crippen molar-refractivity contribution in [2.75, 3.05) is 0 Å². The van der Waals surface area contributed by atoms with Crippen LogP contribution in [0.1, 0.15) is 0 Å². The Hall–Kier alpha value is -8.66. The zero-order chi connectivity index (χ0) is 42.8. The third-order valence-electron chi connectivity index (χ3n) is 13.2. The summed E-state index contributed by atoms with van der Waals surface area (Å²) in [6.07, 6.45) is 0. The molecular formula is C62H39N3. The molecule has 0 bridgehead atoms. The number of nitrogens with zero attached hydrogens (tertiary/aromatic N) is 3. The maximum absolute atomic E-state index is 5.35. The largest absolute Gasteiger partial charge is 0.309 e. The molecule has 13 rings (SSSR count). The molecule has 0 fully saturated rings. The Morgan fingerprint density at radius 3 is 1.63 bits per heavy atom. The fraction of sp³-hybridized carbons (Fsp3) is 0. The molecular weight excluding hydrogens is 787 g/mol. The van der Waals surface area contributed by atoms with Gasteiger partial charge in [0.1, 0.15) is 0 Å². The van der Waals surface area contributed by atoms with Crippen molar-refractivity contribution in [2.24, 2.45) is 0 Å². The second-order valence-electron chi connectivity index (χ2n) is 16.9. The summed E-state index contributed by atoms with van der Waals surface area (Å²) in [5.41, 5.74) is 13.2. The molecule has 3 nitrogen and oxygen atoms in total. The topological polar surface area (TPSA) is 30.7 Å². The lowest BCUT2D eigenvalue weighted by Crippen LogP contribution is -1.97. The summed E-state index contributed by atoms with van der Waals surface area (Å²) in [6.45, 7) is 0. The van der Waals surface area contributed by atoms with Gasteiger partial charge >= 0.3 is 0 Å². The van der Waals surface area contributed by atoms with Crippen molar-refractivity contribution in [3.8, 4) is 61.8 Å². The molecule has 2 heterocycles. The van der Waals surface area contributed by atoms with E-state index in [4.69, 9.17) is 9.97 Å². The second-order valence-corrected chi connectivity index (χ2v) is 16.9. The molecule has 0 amide bonds. The first-order chi connectivity index (χ1) is 32.2. The molecule has 0 aliphatic carbocycles. The fourth-order valence-electron chi connectivity index (χ4n) is 10.1. The molecule has 0 N–H and O–H groups in total. The van der Waals surface area contributed by atoms with E-state index in [0.717, 1.165) is 33.8 Å². The first-order valence-electron chi connectivity index (χ1n) is 22.2. The summed E-state index contributed by atoms with van der Waals surface area (Å²) in [5, 5.41) is 12.2. The third-order valence-corrected chi connectivity index (χ3v) is 13.2. The van der Waals surface area contributed by atoms with E-state index in [0.29, 0.717) is 5.82 Å². The van der Waals surface area contributed by atoms with Gasteiger partial charge in [0.05, 0.1) is 22.4 Å². The highest BCUT2D eigenvalue weighted by Gasteiger charge is 2.19. The highest BCUT2D eigenvalue weighted by molar-refractivity contribution is 6.29. The minimum atomic E-state index is 0.701. The number of aromatic nitrogens is 3. The third kappa shape index (κ3) is 6.20. The Balaban J connectivity index is 0.990. The summed E-state index contributed by atoms with van der Waals surface area (Å²) in [6, 6.07) is 85.3. The van der Waals surface area contributed by atoms with E-state index in [-0.39, 0.29) is 0 Å². The predicted octanol–water partition coefficient (Wildman–Crippen LogP) is 16.5. The van der Waals surface area contributed by atoms with E-state index in [1.807, 2.05) is 6.07 Å². The van der Waals surface area contributed by atoms with Crippen LogP contribution in [0.3, 0.4) is 0 Å². The summed E-state index contributed by atoms with van der Waals surface area (Å²) in [5.74, 6) is 0.701. The lowest BCUT2D eigenvalue weighted by atomic mass is 9.89. The van der Waals surface area contributed by atoms with Crippen LogP contribution < -0.4 is 0 Å². The summed E-state index contributed by atoms with van der Waals surface area (Å²) in [7, 11) is 0. The Bertz CT molecular complexity index is 3980. The van der Waals surface area contributed by atoms with E-state index < -0.39 is 0 Å². The van der Waals surface area contributed by atoms with Gasteiger partial charge in [-0.05, 0) is 108 Å². The Morgan fingerprint density at radius 2 is 0.831 bits per heavy atom. The maximum atomic E-state index is 5.35. The van der Waals surface area contributed by atoms with Crippen LogP contribution >= 0.6 is 0 Å². The molecule has 0 aliphatic rings. The van der Waals surface area contributed by atoms with Gasteiger partial charge in [-0.2, -0.15) is 0 Å². The fourth-order valence-corrected chi connectivity index (χ4v) is 10.1. The Morgan fingerprint density at radius 1 is 0.277 bits per heavy atom. The normalized spacial score (nSPS) is 11.7. The van der Waals surface area contributed by atoms with Crippen molar-refractivity contribution < 1.29 is 0 Å². The van der Waals surface area contributed by atoms with Crippen LogP contribution in [0.25, 0.3) is 127 Å². The monoisotopic (exact) mass is 825 g/mol. The average molecular weight is 826 g/mol. The van der Waals surface area contributed by atoms with Crippen molar-refractivity contribution in [1.82, 2.24) is 14.5 Å². The first kappa shape index (κ1) is 36.9. The molecule has 11 aromatic carbocycles. The standard InChI is InChI=1S/C62H39N3/c1-3-14-40(15-4-1)42-26-28-43(29-27-42)57-39-58(64-62(63-57)44-17-5-2-6-18-44)54-24-13-23-52-49-20-9-10-21-50(49)55-37-46(31-34-53(55)61(52)54)47-32-35-60-56(38-47)51-22-11-12-25-59(51)65(60)48-33-30-41-16-7-8-19-45(41)36-48/h1-39H. The van der Waals surface area contributed by atoms with Crippen LogP contribution in [0.2, 0.25) is 0 Å². The van der Waals surface area contributed by atoms with Crippen LogP contribution in [-0.4, -0.2) is 14.5 Å². The molecule has 0 saturated carbocycles. The average Bonchev–Trinajstić information content (AvgIpc) is 3.72. The first-order valence-corrected chi connectivity index (χ1v) is 22.2. The molecule has 0 spiro atoms. The molecule has 0 atom stereocenters. The molecule has 3 heteroatoms. The maximum Gasteiger partial charge on any atom is 0.160 e. The van der Waals surface area contributed by atoms with E-state index in [2.05, 4.69) is 235 Å². The van der Waals surface area contributed by atoms with Gasteiger partial charge in [-0.25, -0.2) is 9.97 Å². The Labute approximate surface area is 376 Å². The zero-order valence-electron chi connectivity index (χ0n) is 35.4. The van der Waals surface area contributed by atoms with Crippen molar-refractivity contribution in [2.45, 2.75) is 0 Å². The molecule has 0 unspecified atom stereocenters. The SMILES string of the molecule is c1ccc(-c2ccc(-c3cc(-c4cccc5c6ccccc6c6cc(-c7ccc8c(c7)c7ccccc7n8-c7ccc8ccccc8c7)ccc6c45)nc(-c4ccccc4)n3)cc2)cc1. The number of hydrogen-bond donors (Lipinski definition) is 0. The Kier molecular flexibility index (Phi) is 8.53. The van der Waals surface area contributed by atoms with Crippen molar-refractivity contribution in [3.05, 3.63) is 237 Å². The van der Waals surface area contributed by atoms with Crippen LogP contribution in [0.4, 0.5) is 0 Å². The smallest absolute Gasteiger partial charge is 0.160 e. The van der Waals surface area contributed by atoms with Crippen molar-refractivity contribution in [1.29, 1.82) is 0 Å². The lowest BCUT2D eigenvalue weighted by molar-refractivity contribution is 1.19. The van der Waals surface area contributed by atoms with Crippen molar-refractivity contribution >= 4 is 64.9 Å². The highest BCUT2D eigenvalue weighted by Crippen LogP contribution is 2.43. The van der Waals surface area contributed by atoms with Crippen molar-refractivity contribution in [3.63, 3.8) is 0 Å². The summed E-state index contributed by atoms with van der Waals surface area (Å²) in [4.78, 5) is 10.5. The van der Waals surface area contributed by atoms with Gasteiger partial charge in [0.25, 0.3) is 0 Å². The van der Waals surface area contributed by atoms with Gasteiger partial charge in [-0.3, -0.25) is 0 Å². The van der Waals surface area contributed by atoms with Gasteiger partial charge in [0, 0.05) is 33.2 Å². The minimum absolute atomic E-state index is 0.701. The second kappa shape index (κ2) is 15.0. The number of hydrogen-bond acceptors (Lipinski definition) is 2. The minimum Gasteiger partial charge on any atom is -0.309 e. The molecule has 0 radical (unpaired) electrons. The molecule has 0 aliphatic heterocycles. The lowest BCUT2D eigenvalue weighted by Gasteiger charge is -2.16. The van der Waals surface area contributed by atoms with Gasteiger partial charge in [-0.1, -0.05) is 194 Å². The highest BCUT2D eigenvalue weighted by atomic mass is 15.0. The predicted molar refractivity (Wildman–Crippen MR) is 274 cm³/mol. The number of benzene rings is 11. The van der Waals surface area contributed by atoms with Gasteiger partial charge in [0.2, 0.25) is 0 Å². The van der Waals surface area contributed by atoms with E-state index in [9.17, 15) is 0 Å². The van der Waals surface area contributed by atoms with E-state index in [1.54, 1.807) is 0 Å². The number of fused-ring (bicyclic) bond motifs is 10. The van der Waals surface area contributed by atoms with Gasteiger partial charge in [-0.15, -0.1) is 0 Å². The number of para-hydroxylation sites is 1. The zero-order valence-corrected chi connectivity index (χ0v) is 35.4. The summed E-state index contributed by atoms with van der Waals surface area (Å²) < 4.78 is 2.41. The quantitative estimate of drug-likeness (QED) is 0.156. The molecule has 65 heavy (non-hydrogen) atoms. The van der Waals surface area contributed by atoms with Gasteiger partial charge in [0.15, 0.2) is 5.82 Å². The molecule has 2 aromatic heterocycles. The molecule has 0 saturated heterocycles. The van der Waals surface area contributed by atoms with Crippen LogP contribution in [0.5, 0.6) is 0 Å². The van der Waals surface area contributed by atoms with Crippen LogP contribution in [0.15, 0.2) is 237 Å². The summed E-state index contributed by atoms with van der Waals surface area (Å²) >= 11 is 0. The van der Waals surface area contributed by atoms with E-state index in [1.165, 1.54) is 87.1 Å². The molecule has 13 aromatic rings. The van der Waals surface area contributed by atoms with Crippen LogP contribution in [0, 0.1) is 0 Å². The van der Waals surface area contributed by atoms with E-state index >= 15 is 0 Å². The van der Waals surface area contributed by atoms with Gasteiger partial charge < -0.3 is 4.57 Å². The van der Waals surface area contributed by atoms with Crippen LogP contribution in [-0.2, 0) is 0 Å². The molecule has 302 valence electrons. The number of rotatable bonds is 6.